The maximum Gasteiger partial charge on any atom is 0.250 e. The van der Waals surface area contributed by atoms with E-state index in [1.807, 2.05) is 18.2 Å². The molecular weight excluding hydrogens is 404 g/mol. The Morgan fingerprint density at radius 2 is 1.81 bits per heavy atom. The van der Waals surface area contributed by atoms with E-state index in [1.54, 1.807) is 35.3 Å². The van der Waals surface area contributed by atoms with E-state index < -0.39 is 0 Å². The maximum absolute atomic E-state index is 11.8. The molecule has 0 radical (unpaired) electrons. The minimum atomic E-state index is 0.00643. The van der Waals surface area contributed by atoms with Crippen molar-refractivity contribution in [1.29, 1.82) is 0 Å². The molecule has 3 aromatic heterocycles. The van der Waals surface area contributed by atoms with Crippen LogP contribution in [0, 0.1) is 0 Å². The van der Waals surface area contributed by atoms with Crippen molar-refractivity contribution in [1.82, 2.24) is 14.5 Å². The van der Waals surface area contributed by atoms with Crippen LogP contribution in [0.15, 0.2) is 82.5 Å². The number of anilines is 1. The third kappa shape index (κ3) is 4.06. The summed E-state index contributed by atoms with van der Waals surface area (Å²) in [6, 6.07) is 17.3. The van der Waals surface area contributed by atoms with Crippen LogP contribution in [0.2, 0.25) is 0 Å². The molecule has 0 fully saturated rings. The first-order valence-corrected chi connectivity index (χ1v) is 9.36. The van der Waals surface area contributed by atoms with Gasteiger partial charge in [-0.15, -0.1) is 0 Å². The highest BCUT2D eigenvalue weighted by molar-refractivity contribution is 9.10. The normalized spacial score (nSPS) is 10.9. The number of hydrogen-bond donors (Lipinski definition) is 1. The lowest BCUT2D eigenvalue weighted by Crippen LogP contribution is -2.18. The first-order chi connectivity index (χ1) is 13.2. The minimum Gasteiger partial charge on any atom is -0.379 e. The molecule has 1 N–H and O–H groups in total. The summed E-state index contributed by atoms with van der Waals surface area (Å²) in [5, 5.41) is 3.43. The highest BCUT2D eigenvalue weighted by Gasteiger charge is 2.04. The Labute approximate surface area is 164 Å². The number of rotatable bonds is 5. The number of hydrogen-bond acceptors (Lipinski definition) is 4. The van der Waals surface area contributed by atoms with Crippen molar-refractivity contribution in [2.75, 3.05) is 5.32 Å². The Kier molecular flexibility index (Phi) is 4.98. The second-order valence-corrected chi connectivity index (χ2v) is 7.13. The summed E-state index contributed by atoms with van der Waals surface area (Å²) in [4.78, 5) is 20.6. The van der Waals surface area contributed by atoms with Gasteiger partial charge < -0.3 is 9.88 Å². The van der Waals surface area contributed by atoms with Gasteiger partial charge in [0.25, 0.3) is 5.56 Å². The second-order valence-electron chi connectivity index (χ2n) is 6.22. The third-order valence-corrected chi connectivity index (χ3v) is 4.74. The van der Waals surface area contributed by atoms with Gasteiger partial charge in [0.15, 0.2) is 0 Å². The maximum atomic E-state index is 11.8. The van der Waals surface area contributed by atoms with Gasteiger partial charge >= 0.3 is 0 Å². The van der Waals surface area contributed by atoms with E-state index in [0.29, 0.717) is 13.1 Å². The molecule has 1 aromatic carbocycles. The highest BCUT2D eigenvalue weighted by atomic mass is 79.9. The van der Waals surface area contributed by atoms with E-state index in [1.165, 1.54) is 0 Å². The monoisotopic (exact) mass is 420 g/mol. The lowest BCUT2D eigenvalue weighted by molar-refractivity contribution is 0.759. The van der Waals surface area contributed by atoms with Crippen LogP contribution in [-0.2, 0) is 13.1 Å². The molecule has 0 aliphatic heterocycles. The second kappa shape index (κ2) is 7.72. The van der Waals surface area contributed by atoms with Gasteiger partial charge in [-0.2, -0.15) is 0 Å². The fraction of sp³-hybridized carbons (Fsp3) is 0.0952. The molecular formula is C21H17BrN4O. The molecule has 0 unspecified atom stereocenters. The largest absolute Gasteiger partial charge is 0.379 e. The smallest absolute Gasteiger partial charge is 0.250 e. The van der Waals surface area contributed by atoms with Crippen molar-refractivity contribution in [3.63, 3.8) is 0 Å². The number of aromatic nitrogens is 3. The summed E-state index contributed by atoms with van der Waals surface area (Å²) < 4.78 is 2.60. The molecule has 0 atom stereocenters. The topological polar surface area (TPSA) is 59.8 Å². The first-order valence-electron chi connectivity index (χ1n) is 8.56. The van der Waals surface area contributed by atoms with E-state index in [2.05, 4.69) is 55.5 Å². The Bertz CT molecular complexity index is 1140. The van der Waals surface area contributed by atoms with Crippen LogP contribution in [0.1, 0.15) is 11.1 Å². The number of halogens is 1. The van der Waals surface area contributed by atoms with Gasteiger partial charge in [0, 0.05) is 35.7 Å². The zero-order valence-electron chi connectivity index (χ0n) is 14.5. The standard InChI is InChI=1S/C21H17BrN4O/c22-17-11-19-21(25-13-17)18(8-9-23-19)24-12-15-4-6-16(7-5-15)14-26-10-2-1-3-20(26)27/h1-11,13H,12,14H2,(H,23,24). The fourth-order valence-electron chi connectivity index (χ4n) is 2.90. The van der Waals surface area contributed by atoms with Crippen LogP contribution in [0.4, 0.5) is 5.69 Å². The van der Waals surface area contributed by atoms with Crippen molar-refractivity contribution in [2.24, 2.45) is 0 Å². The fourth-order valence-corrected chi connectivity index (χ4v) is 3.22. The highest BCUT2D eigenvalue weighted by Crippen LogP contribution is 2.22. The van der Waals surface area contributed by atoms with Crippen molar-refractivity contribution >= 4 is 32.7 Å². The molecule has 0 bridgehead atoms. The van der Waals surface area contributed by atoms with Crippen molar-refractivity contribution in [3.8, 4) is 0 Å². The number of nitrogens with zero attached hydrogens (tertiary/aromatic N) is 3. The van der Waals surface area contributed by atoms with E-state index in [-0.39, 0.29) is 5.56 Å². The predicted octanol–water partition coefficient (Wildman–Crippen LogP) is 4.21. The molecule has 4 aromatic rings. The van der Waals surface area contributed by atoms with Gasteiger partial charge in [-0.1, -0.05) is 30.3 Å². The summed E-state index contributed by atoms with van der Waals surface area (Å²) in [5.74, 6) is 0. The van der Waals surface area contributed by atoms with Gasteiger partial charge in [0.2, 0.25) is 0 Å². The summed E-state index contributed by atoms with van der Waals surface area (Å²) in [7, 11) is 0. The average molecular weight is 421 g/mol. The van der Waals surface area contributed by atoms with Gasteiger partial charge in [-0.25, -0.2) is 0 Å². The Morgan fingerprint density at radius 1 is 1.00 bits per heavy atom. The Hall–Kier alpha value is -2.99. The van der Waals surface area contributed by atoms with E-state index >= 15 is 0 Å². The Balaban J connectivity index is 1.46. The summed E-state index contributed by atoms with van der Waals surface area (Å²) in [6.45, 7) is 1.25. The summed E-state index contributed by atoms with van der Waals surface area (Å²) in [5.41, 5.74) is 4.90. The van der Waals surface area contributed by atoms with Crippen molar-refractivity contribution in [2.45, 2.75) is 13.1 Å². The summed E-state index contributed by atoms with van der Waals surface area (Å²) >= 11 is 3.42. The number of nitrogens with one attached hydrogen (secondary N) is 1. The van der Waals surface area contributed by atoms with Crippen LogP contribution >= 0.6 is 15.9 Å². The minimum absolute atomic E-state index is 0.00643. The van der Waals surface area contributed by atoms with E-state index in [4.69, 9.17) is 0 Å². The molecule has 27 heavy (non-hydrogen) atoms. The molecule has 3 heterocycles. The van der Waals surface area contributed by atoms with E-state index in [9.17, 15) is 4.79 Å². The van der Waals surface area contributed by atoms with E-state index in [0.717, 1.165) is 32.3 Å². The predicted molar refractivity (Wildman–Crippen MR) is 111 cm³/mol. The average Bonchev–Trinajstić information content (AvgIpc) is 2.69. The molecule has 0 aliphatic carbocycles. The zero-order valence-corrected chi connectivity index (χ0v) is 16.1. The third-order valence-electron chi connectivity index (χ3n) is 4.30. The molecule has 0 saturated heterocycles. The Morgan fingerprint density at radius 3 is 2.63 bits per heavy atom. The van der Waals surface area contributed by atoms with Crippen LogP contribution in [0.5, 0.6) is 0 Å². The van der Waals surface area contributed by atoms with Crippen LogP contribution in [-0.4, -0.2) is 14.5 Å². The molecule has 6 heteroatoms. The molecule has 0 spiro atoms. The lowest BCUT2D eigenvalue weighted by atomic mass is 10.1. The number of pyridine rings is 3. The van der Waals surface area contributed by atoms with Gasteiger partial charge in [0.1, 0.15) is 5.52 Å². The molecule has 5 nitrogen and oxygen atoms in total. The number of fused-ring (bicyclic) bond motifs is 1. The lowest BCUT2D eigenvalue weighted by Gasteiger charge is -2.10. The zero-order chi connectivity index (χ0) is 18.6. The van der Waals surface area contributed by atoms with Gasteiger partial charge in [-0.05, 0) is 45.3 Å². The first kappa shape index (κ1) is 17.4. The van der Waals surface area contributed by atoms with Gasteiger partial charge in [-0.3, -0.25) is 14.8 Å². The van der Waals surface area contributed by atoms with Crippen molar-refractivity contribution < 1.29 is 0 Å². The molecule has 134 valence electrons. The van der Waals surface area contributed by atoms with Crippen LogP contribution in [0.3, 0.4) is 0 Å². The molecule has 0 amide bonds. The van der Waals surface area contributed by atoms with Crippen LogP contribution in [0.25, 0.3) is 11.0 Å². The quantitative estimate of drug-likeness (QED) is 0.525. The molecule has 0 saturated carbocycles. The van der Waals surface area contributed by atoms with Crippen molar-refractivity contribution in [3.05, 3.63) is 99.1 Å². The summed E-state index contributed by atoms with van der Waals surface area (Å²) in [6.07, 6.45) is 5.35. The SMILES string of the molecule is O=c1ccccn1Cc1ccc(CNc2ccnc3cc(Br)cnc23)cc1. The molecule has 0 aliphatic rings. The van der Waals surface area contributed by atoms with Gasteiger partial charge in [0.05, 0.1) is 17.7 Å². The molecule has 4 rings (SSSR count). The number of benzene rings is 1. The van der Waals surface area contributed by atoms with Crippen LogP contribution < -0.4 is 10.9 Å².